The lowest BCUT2D eigenvalue weighted by atomic mass is 10.3. The van der Waals surface area contributed by atoms with Gasteiger partial charge in [0.25, 0.3) is 0 Å². The molecule has 0 unspecified atom stereocenters. The first-order chi connectivity index (χ1) is 7.75. The van der Waals surface area contributed by atoms with Crippen LogP contribution in [0.1, 0.15) is 19.5 Å². The summed E-state index contributed by atoms with van der Waals surface area (Å²) in [6.45, 7) is 4.24. The SMILES string of the molecule is CC(C)=CCSCc1cn2cccnc2n1. The second kappa shape index (κ2) is 5.16. The molecule has 0 aliphatic rings. The van der Waals surface area contributed by atoms with Gasteiger partial charge in [-0.1, -0.05) is 11.6 Å². The molecular weight excluding hydrogens is 218 g/mol. The smallest absolute Gasteiger partial charge is 0.233 e. The van der Waals surface area contributed by atoms with Crippen LogP contribution in [0.4, 0.5) is 0 Å². The Morgan fingerprint density at radius 1 is 1.50 bits per heavy atom. The van der Waals surface area contributed by atoms with Crippen LogP contribution in [0, 0.1) is 0 Å². The van der Waals surface area contributed by atoms with Crippen LogP contribution in [0.5, 0.6) is 0 Å². The predicted molar refractivity (Wildman–Crippen MR) is 68.6 cm³/mol. The largest absolute Gasteiger partial charge is 0.291 e. The Hall–Kier alpha value is -1.29. The van der Waals surface area contributed by atoms with E-state index < -0.39 is 0 Å². The van der Waals surface area contributed by atoms with E-state index >= 15 is 0 Å². The van der Waals surface area contributed by atoms with Crippen molar-refractivity contribution in [2.45, 2.75) is 19.6 Å². The van der Waals surface area contributed by atoms with Gasteiger partial charge >= 0.3 is 0 Å². The maximum Gasteiger partial charge on any atom is 0.233 e. The molecule has 0 fully saturated rings. The van der Waals surface area contributed by atoms with Crippen molar-refractivity contribution in [1.29, 1.82) is 0 Å². The van der Waals surface area contributed by atoms with Crippen molar-refractivity contribution in [3.8, 4) is 0 Å². The monoisotopic (exact) mass is 233 g/mol. The number of hydrogen-bond donors (Lipinski definition) is 0. The average Bonchev–Trinajstić information content (AvgIpc) is 2.66. The number of rotatable bonds is 4. The van der Waals surface area contributed by atoms with Crippen LogP contribution in [0.3, 0.4) is 0 Å². The summed E-state index contributed by atoms with van der Waals surface area (Å²) >= 11 is 1.87. The van der Waals surface area contributed by atoms with Crippen LogP contribution in [0.2, 0.25) is 0 Å². The Morgan fingerprint density at radius 3 is 3.12 bits per heavy atom. The molecule has 2 aromatic heterocycles. The lowest BCUT2D eigenvalue weighted by Gasteiger charge is -1.94. The molecule has 16 heavy (non-hydrogen) atoms. The number of imidazole rings is 1. The first-order valence-electron chi connectivity index (χ1n) is 5.25. The number of thioether (sulfide) groups is 1. The normalized spacial score (nSPS) is 10.6. The molecule has 0 saturated heterocycles. The zero-order chi connectivity index (χ0) is 11.4. The lowest BCUT2D eigenvalue weighted by molar-refractivity contribution is 1.11. The average molecular weight is 233 g/mol. The third-order valence-corrected chi connectivity index (χ3v) is 3.05. The van der Waals surface area contributed by atoms with E-state index in [2.05, 4.69) is 29.9 Å². The molecule has 2 heterocycles. The van der Waals surface area contributed by atoms with Gasteiger partial charge < -0.3 is 0 Å². The summed E-state index contributed by atoms with van der Waals surface area (Å²) in [5.74, 6) is 2.76. The third kappa shape index (κ3) is 2.85. The highest BCUT2D eigenvalue weighted by Gasteiger charge is 2.00. The fourth-order valence-corrected chi connectivity index (χ4v) is 2.26. The van der Waals surface area contributed by atoms with Gasteiger partial charge in [0.2, 0.25) is 5.78 Å². The van der Waals surface area contributed by atoms with Gasteiger partial charge in [0.15, 0.2) is 0 Å². The van der Waals surface area contributed by atoms with Crippen molar-refractivity contribution in [1.82, 2.24) is 14.4 Å². The van der Waals surface area contributed by atoms with Crippen molar-refractivity contribution >= 4 is 17.5 Å². The maximum absolute atomic E-state index is 4.44. The molecule has 2 rings (SSSR count). The van der Waals surface area contributed by atoms with Gasteiger partial charge in [-0.25, -0.2) is 9.97 Å². The summed E-state index contributed by atoms with van der Waals surface area (Å²) in [6.07, 6.45) is 8.01. The lowest BCUT2D eigenvalue weighted by Crippen LogP contribution is -1.83. The molecule has 3 nitrogen and oxygen atoms in total. The minimum atomic E-state index is 0.778. The van der Waals surface area contributed by atoms with E-state index in [0.717, 1.165) is 23.0 Å². The molecule has 84 valence electrons. The van der Waals surface area contributed by atoms with E-state index in [0.29, 0.717) is 0 Å². The maximum atomic E-state index is 4.44. The Labute approximate surface area is 99.6 Å². The second-order valence-electron chi connectivity index (χ2n) is 3.86. The number of hydrogen-bond acceptors (Lipinski definition) is 3. The van der Waals surface area contributed by atoms with Crippen molar-refractivity contribution in [3.63, 3.8) is 0 Å². The third-order valence-electron chi connectivity index (χ3n) is 2.14. The summed E-state index contributed by atoms with van der Waals surface area (Å²) in [7, 11) is 0. The zero-order valence-electron chi connectivity index (χ0n) is 9.55. The molecule has 2 aromatic rings. The Kier molecular flexibility index (Phi) is 3.62. The molecule has 4 heteroatoms. The molecule has 0 N–H and O–H groups in total. The number of fused-ring (bicyclic) bond motifs is 1. The number of aromatic nitrogens is 3. The van der Waals surface area contributed by atoms with Crippen LogP contribution in [-0.2, 0) is 5.75 Å². The summed E-state index contributed by atoms with van der Waals surface area (Å²) in [4.78, 5) is 8.63. The molecule has 0 amide bonds. The molecule has 0 aromatic carbocycles. The first-order valence-corrected chi connectivity index (χ1v) is 6.41. The van der Waals surface area contributed by atoms with Crippen LogP contribution in [-0.4, -0.2) is 20.1 Å². The number of allylic oxidation sites excluding steroid dienone is 1. The van der Waals surface area contributed by atoms with Crippen molar-refractivity contribution < 1.29 is 0 Å². The topological polar surface area (TPSA) is 30.2 Å². The van der Waals surface area contributed by atoms with Gasteiger partial charge in [-0.15, -0.1) is 0 Å². The van der Waals surface area contributed by atoms with Crippen LogP contribution in [0.15, 0.2) is 36.3 Å². The highest BCUT2D eigenvalue weighted by Crippen LogP contribution is 2.12. The molecule has 0 aliphatic carbocycles. The van der Waals surface area contributed by atoms with Gasteiger partial charge in [0, 0.05) is 30.1 Å². The van der Waals surface area contributed by atoms with Crippen molar-refractivity contribution in [2.75, 3.05) is 5.75 Å². The second-order valence-corrected chi connectivity index (χ2v) is 4.89. The fourth-order valence-electron chi connectivity index (χ4n) is 1.34. The molecular formula is C12H15N3S. The van der Waals surface area contributed by atoms with E-state index in [-0.39, 0.29) is 0 Å². The first kappa shape index (κ1) is 11.2. The molecule has 0 radical (unpaired) electrons. The minimum Gasteiger partial charge on any atom is -0.291 e. The Balaban J connectivity index is 1.97. The highest BCUT2D eigenvalue weighted by atomic mass is 32.2. The fraction of sp³-hybridized carbons (Fsp3) is 0.333. The minimum absolute atomic E-state index is 0.778. The van der Waals surface area contributed by atoms with E-state index in [1.54, 1.807) is 6.20 Å². The predicted octanol–water partition coefficient (Wildman–Crippen LogP) is 2.93. The molecule has 0 bridgehead atoms. The molecule has 0 aliphatic heterocycles. The molecule has 0 atom stereocenters. The summed E-state index contributed by atoms with van der Waals surface area (Å²) < 4.78 is 1.96. The quantitative estimate of drug-likeness (QED) is 0.601. The van der Waals surface area contributed by atoms with E-state index in [9.17, 15) is 0 Å². The molecule has 0 spiro atoms. The van der Waals surface area contributed by atoms with E-state index in [4.69, 9.17) is 0 Å². The van der Waals surface area contributed by atoms with Gasteiger partial charge in [-0.2, -0.15) is 11.8 Å². The Bertz CT molecular complexity index is 465. The molecule has 0 saturated carbocycles. The number of nitrogens with zero attached hydrogens (tertiary/aromatic N) is 3. The Morgan fingerprint density at radius 2 is 2.38 bits per heavy atom. The van der Waals surface area contributed by atoms with Crippen LogP contribution >= 0.6 is 11.8 Å². The summed E-state index contributed by atoms with van der Waals surface area (Å²) in [5, 5.41) is 0. The van der Waals surface area contributed by atoms with Crippen molar-refractivity contribution in [3.05, 3.63) is 42.0 Å². The van der Waals surface area contributed by atoms with E-state index in [1.165, 1.54) is 5.57 Å². The van der Waals surface area contributed by atoms with Gasteiger partial charge in [-0.3, -0.25) is 4.40 Å². The van der Waals surface area contributed by atoms with Gasteiger partial charge in [0.1, 0.15) is 0 Å². The van der Waals surface area contributed by atoms with E-state index in [1.807, 2.05) is 34.6 Å². The summed E-state index contributed by atoms with van der Waals surface area (Å²) in [6, 6.07) is 1.91. The summed E-state index contributed by atoms with van der Waals surface area (Å²) in [5.41, 5.74) is 2.45. The van der Waals surface area contributed by atoms with Gasteiger partial charge in [0.05, 0.1) is 5.69 Å². The standard InChI is InChI=1S/C12H15N3S/c1-10(2)4-7-16-9-11-8-15-6-3-5-13-12(15)14-11/h3-6,8H,7,9H2,1-2H3. The highest BCUT2D eigenvalue weighted by molar-refractivity contribution is 7.98. The van der Waals surface area contributed by atoms with Gasteiger partial charge in [-0.05, 0) is 19.9 Å². The van der Waals surface area contributed by atoms with Crippen LogP contribution < -0.4 is 0 Å². The van der Waals surface area contributed by atoms with Crippen LogP contribution in [0.25, 0.3) is 5.78 Å². The zero-order valence-corrected chi connectivity index (χ0v) is 10.4. The van der Waals surface area contributed by atoms with Crippen molar-refractivity contribution in [2.24, 2.45) is 0 Å².